The number of benzene rings is 2. The summed E-state index contributed by atoms with van der Waals surface area (Å²) in [5.41, 5.74) is 0.0706. The predicted molar refractivity (Wildman–Crippen MR) is 97.5 cm³/mol. The first-order valence-electron chi connectivity index (χ1n) is 7.73. The maximum absolute atomic E-state index is 13.6. The fourth-order valence-electron chi connectivity index (χ4n) is 2.19. The van der Waals surface area contributed by atoms with Crippen LogP contribution < -0.4 is 20.7 Å². The molecule has 2 rings (SSSR count). The van der Waals surface area contributed by atoms with Gasteiger partial charge in [0.05, 0.1) is 30.3 Å². The molecule has 0 saturated carbocycles. The van der Waals surface area contributed by atoms with E-state index >= 15 is 0 Å². The number of ether oxygens (including phenoxy) is 1. The molecule has 10 heteroatoms. The number of rotatable bonds is 7. The van der Waals surface area contributed by atoms with E-state index in [1.54, 1.807) is 0 Å². The van der Waals surface area contributed by atoms with Gasteiger partial charge in [-0.2, -0.15) is 0 Å². The van der Waals surface area contributed by atoms with Crippen LogP contribution in [0, 0.1) is 15.9 Å². The normalized spacial score (nSPS) is 10.0. The third kappa shape index (κ3) is 5.39. The minimum Gasteiger partial charge on any atom is -0.496 e. The van der Waals surface area contributed by atoms with E-state index in [0.717, 1.165) is 6.07 Å². The van der Waals surface area contributed by atoms with Crippen LogP contribution in [0.3, 0.4) is 0 Å². The van der Waals surface area contributed by atoms with Crippen LogP contribution in [-0.4, -0.2) is 30.4 Å². The van der Waals surface area contributed by atoms with E-state index in [9.17, 15) is 24.1 Å². The van der Waals surface area contributed by atoms with Crippen LogP contribution in [0.15, 0.2) is 36.4 Å². The molecule has 0 unspecified atom stereocenters. The van der Waals surface area contributed by atoms with Gasteiger partial charge in [0.1, 0.15) is 17.3 Å². The highest BCUT2D eigenvalue weighted by molar-refractivity contribution is 5.96. The first-order chi connectivity index (χ1) is 12.8. The molecule has 0 aromatic heterocycles. The largest absolute Gasteiger partial charge is 0.496 e. The van der Waals surface area contributed by atoms with Crippen molar-refractivity contribution in [3.8, 4) is 5.75 Å². The Labute approximate surface area is 153 Å². The minimum atomic E-state index is -0.634. The average Bonchev–Trinajstić information content (AvgIpc) is 2.62. The Morgan fingerprint density at radius 2 is 1.89 bits per heavy atom. The van der Waals surface area contributed by atoms with Gasteiger partial charge in [-0.1, -0.05) is 0 Å². The molecule has 0 radical (unpaired) electrons. The minimum absolute atomic E-state index is 0.0191. The van der Waals surface area contributed by atoms with E-state index in [1.807, 2.05) is 0 Å². The molecule has 0 aliphatic carbocycles. The Balaban J connectivity index is 2.05. The number of carbonyl (C=O) groups is 2. The first kappa shape index (κ1) is 19.6. The van der Waals surface area contributed by atoms with Crippen LogP contribution in [0.1, 0.15) is 6.92 Å². The van der Waals surface area contributed by atoms with E-state index in [0.29, 0.717) is 5.69 Å². The van der Waals surface area contributed by atoms with E-state index in [4.69, 9.17) is 4.74 Å². The molecule has 0 aliphatic rings. The number of anilines is 3. The zero-order chi connectivity index (χ0) is 20.0. The topological polar surface area (TPSA) is 123 Å². The third-order valence-corrected chi connectivity index (χ3v) is 3.41. The number of nitrogens with zero attached hydrogens (tertiary/aromatic N) is 1. The summed E-state index contributed by atoms with van der Waals surface area (Å²) in [6, 6.07) is 7.91. The summed E-state index contributed by atoms with van der Waals surface area (Å²) in [6.07, 6.45) is 0. The lowest BCUT2D eigenvalue weighted by molar-refractivity contribution is -0.384. The maximum atomic E-state index is 13.6. The summed E-state index contributed by atoms with van der Waals surface area (Å²) in [5.74, 6) is -1.31. The SMILES string of the molecule is COc1ccc(NC(=O)CNc2ccc(F)c(NC(C)=O)c2)c([N+](=O)[O-])c1. The molecule has 0 spiro atoms. The molecule has 2 aromatic rings. The molecule has 2 aromatic carbocycles. The van der Waals surface area contributed by atoms with Crippen LogP contribution >= 0.6 is 0 Å². The fraction of sp³-hybridized carbons (Fsp3) is 0.176. The van der Waals surface area contributed by atoms with Gasteiger partial charge in [0.15, 0.2) is 0 Å². The number of halogens is 1. The van der Waals surface area contributed by atoms with Gasteiger partial charge < -0.3 is 20.7 Å². The molecular formula is C17H17FN4O5. The van der Waals surface area contributed by atoms with Crippen LogP contribution in [0.25, 0.3) is 0 Å². The number of methoxy groups -OCH3 is 1. The second-order valence-corrected chi connectivity index (χ2v) is 5.42. The Hall–Kier alpha value is -3.69. The Bertz CT molecular complexity index is 888. The zero-order valence-electron chi connectivity index (χ0n) is 14.5. The molecule has 0 fully saturated rings. The maximum Gasteiger partial charge on any atom is 0.296 e. The monoisotopic (exact) mass is 376 g/mol. The van der Waals surface area contributed by atoms with Crippen molar-refractivity contribution in [1.29, 1.82) is 0 Å². The Morgan fingerprint density at radius 3 is 2.52 bits per heavy atom. The quantitative estimate of drug-likeness (QED) is 0.504. The van der Waals surface area contributed by atoms with Crippen molar-refractivity contribution in [3.63, 3.8) is 0 Å². The summed E-state index contributed by atoms with van der Waals surface area (Å²) in [5, 5.41) is 18.6. The number of hydrogen-bond donors (Lipinski definition) is 3. The van der Waals surface area contributed by atoms with Crippen molar-refractivity contribution >= 4 is 34.6 Å². The van der Waals surface area contributed by atoms with E-state index in [2.05, 4.69) is 16.0 Å². The second kappa shape index (κ2) is 8.61. The van der Waals surface area contributed by atoms with Crippen molar-refractivity contribution in [2.75, 3.05) is 29.6 Å². The lowest BCUT2D eigenvalue weighted by Crippen LogP contribution is -2.22. The van der Waals surface area contributed by atoms with Crippen molar-refractivity contribution in [2.24, 2.45) is 0 Å². The molecule has 2 amide bonds. The summed E-state index contributed by atoms with van der Waals surface area (Å²) >= 11 is 0. The van der Waals surface area contributed by atoms with Gasteiger partial charge in [-0.05, 0) is 30.3 Å². The molecule has 0 bridgehead atoms. The van der Waals surface area contributed by atoms with Gasteiger partial charge in [-0.3, -0.25) is 19.7 Å². The Kier molecular flexibility index (Phi) is 6.26. The molecule has 0 aliphatic heterocycles. The molecule has 0 heterocycles. The van der Waals surface area contributed by atoms with Crippen molar-refractivity contribution in [3.05, 3.63) is 52.3 Å². The number of hydrogen-bond acceptors (Lipinski definition) is 6. The number of nitro groups is 1. The smallest absolute Gasteiger partial charge is 0.296 e. The standard InChI is InChI=1S/C17H17FN4O5/c1-10(23)20-15-7-11(3-5-13(15)18)19-9-17(24)21-14-6-4-12(27-2)8-16(14)22(25)26/h3-8,19H,9H2,1-2H3,(H,20,23)(H,21,24). The summed E-state index contributed by atoms with van der Waals surface area (Å²) in [7, 11) is 1.37. The molecule has 9 nitrogen and oxygen atoms in total. The summed E-state index contributed by atoms with van der Waals surface area (Å²) in [6.45, 7) is 1.02. The first-order valence-corrected chi connectivity index (χ1v) is 7.73. The van der Waals surface area contributed by atoms with Crippen molar-refractivity contribution < 1.29 is 23.6 Å². The van der Waals surface area contributed by atoms with Gasteiger partial charge in [0.25, 0.3) is 5.69 Å². The highest BCUT2D eigenvalue weighted by Gasteiger charge is 2.17. The predicted octanol–water partition coefficient (Wildman–Crippen LogP) is 2.75. The van der Waals surface area contributed by atoms with Gasteiger partial charge in [-0.25, -0.2) is 4.39 Å². The second-order valence-electron chi connectivity index (χ2n) is 5.42. The van der Waals surface area contributed by atoms with Crippen LogP contribution in [-0.2, 0) is 9.59 Å². The van der Waals surface area contributed by atoms with E-state index < -0.39 is 22.6 Å². The number of carbonyl (C=O) groups excluding carboxylic acids is 2. The van der Waals surface area contributed by atoms with Gasteiger partial charge in [-0.15, -0.1) is 0 Å². The Morgan fingerprint density at radius 1 is 1.15 bits per heavy atom. The molecule has 0 atom stereocenters. The number of amides is 2. The lowest BCUT2D eigenvalue weighted by Gasteiger charge is -2.11. The number of nitrogens with one attached hydrogen (secondary N) is 3. The average molecular weight is 376 g/mol. The molecule has 3 N–H and O–H groups in total. The van der Waals surface area contributed by atoms with Crippen LogP contribution in [0.2, 0.25) is 0 Å². The van der Waals surface area contributed by atoms with Crippen molar-refractivity contribution in [2.45, 2.75) is 6.92 Å². The highest BCUT2D eigenvalue weighted by Crippen LogP contribution is 2.29. The van der Waals surface area contributed by atoms with Gasteiger partial charge >= 0.3 is 0 Å². The van der Waals surface area contributed by atoms with Crippen LogP contribution in [0.5, 0.6) is 5.75 Å². The molecule has 0 saturated heterocycles. The lowest BCUT2D eigenvalue weighted by atomic mass is 10.2. The third-order valence-electron chi connectivity index (χ3n) is 3.41. The summed E-state index contributed by atoms with van der Waals surface area (Å²) in [4.78, 5) is 33.6. The zero-order valence-corrected chi connectivity index (χ0v) is 14.5. The molecule has 27 heavy (non-hydrogen) atoms. The van der Waals surface area contributed by atoms with Crippen molar-refractivity contribution in [1.82, 2.24) is 0 Å². The van der Waals surface area contributed by atoms with E-state index in [1.165, 1.54) is 44.4 Å². The van der Waals surface area contributed by atoms with Crippen LogP contribution in [0.4, 0.5) is 27.1 Å². The number of nitro benzene ring substituents is 1. The van der Waals surface area contributed by atoms with E-state index in [-0.39, 0.29) is 29.4 Å². The fourth-order valence-corrected chi connectivity index (χ4v) is 2.19. The van der Waals surface area contributed by atoms with Gasteiger partial charge in [0.2, 0.25) is 11.8 Å². The highest BCUT2D eigenvalue weighted by atomic mass is 19.1. The molecule has 142 valence electrons. The molecular weight excluding hydrogens is 359 g/mol. The van der Waals surface area contributed by atoms with Gasteiger partial charge in [0, 0.05) is 12.6 Å². The summed E-state index contributed by atoms with van der Waals surface area (Å²) < 4.78 is 18.5.